The van der Waals surface area contributed by atoms with E-state index in [9.17, 15) is 4.79 Å². The van der Waals surface area contributed by atoms with E-state index >= 15 is 0 Å². The molecule has 3 heteroatoms. The van der Waals surface area contributed by atoms with Gasteiger partial charge in [0.15, 0.2) is 5.78 Å². The minimum atomic E-state index is -0.341. The Balaban J connectivity index is 2.10. The Morgan fingerprint density at radius 2 is 2.05 bits per heavy atom. The van der Waals surface area contributed by atoms with Gasteiger partial charge < -0.3 is 10.1 Å². The van der Waals surface area contributed by atoms with Crippen LogP contribution in [0.4, 0.5) is 0 Å². The Morgan fingerprint density at radius 3 is 2.58 bits per heavy atom. The first-order valence-corrected chi connectivity index (χ1v) is 7.24. The third-order valence-corrected chi connectivity index (χ3v) is 3.87. The standard InChI is InChI=1S/C16H23NO2/c1-3-12-19-14-8-6-13(7-9-14)15(18)16(4-2)10-5-11-17-16/h6-9,17H,3-5,10-12H2,1-2H3. The molecule has 1 aliphatic heterocycles. The molecule has 19 heavy (non-hydrogen) atoms. The molecule has 1 aliphatic rings. The van der Waals surface area contributed by atoms with Crippen molar-refractivity contribution in [2.24, 2.45) is 0 Å². The molecule has 0 aliphatic carbocycles. The van der Waals surface area contributed by atoms with Gasteiger partial charge in [0.05, 0.1) is 12.1 Å². The molecule has 1 aromatic carbocycles. The van der Waals surface area contributed by atoms with Crippen LogP contribution in [0.2, 0.25) is 0 Å². The van der Waals surface area contributed by atoms with Gasteiger partial charge in [-0.1, -0.05) is 13.8 Å². The van der Waals surface area contributed by atoms with E-state index in [1.165, 1.54) is 0 Å². The molecule has 0 spiro atoms. The van der Waals surface area contributed by atoms with Crippen LogP contribution in [0.15, 0.2) is 24.3 Å². The van der Waals surface area contributed by atoms with Gasteiger partial charge in [-0.3, -0.25) is 4.79 Å². The summed E-state index contributed by atoms with van der Waals surface area (Å²) in [5.74, 6) is 1.05. The number of carbonyl (C=O) groups is 1. The summed E-state index contributed by atoms with van der Waals surface area (Å²) in [5.41, 5.74) is 0.436. The number of hydrogen-bond donors (Lipinski definition) is 1. The van der Waals surface area contributed by atoms with Crippen molar-refractivity contribution in [3.05, 3.63) is 29.8 Å². The number of ether oxygens (including phenoxy) is 1. The van der Waals surface area contributed by atoms with Gasteiger partial charge in [-0.15, -0.1) is 0 Å². The van der Waals surface area contributed by atoms with Crippen LogP contribution < -0.4 is 10.1 Å². The van der Waals surface area contributed by atoms with Gasteiger partial charge in [-0.05, 0) is 56.5 Å². The average Bonchev–Trinajstić information content (AvgIpc) is 2.95. The minimum absolute atomic E-state index is 0.217. The predicted octanol–water partition coefficient (Wildman–Crippen LogP) is 3.19. The lowest BCUT2D eigenvalue weighted by Crippen LogP contribution is -2.46. The van der Waals surface area contributed by atoms with E-state index in [0.717, 1.165) is 43.5 Å². The number of rotatable bonds is 6. The molecule has 1 aromatic rings. The predicted molar refractivity (Wildman–Crippen MR) is 76.8 cm³/mol. The number of ketones is 1. The van der Waals surface area contributed by atoms with Crippen molar-refractivity contribution < 1.29 is 9.53 Å². The summed E-state index contributed by atoms with van der Waals surface area (Å²) >= 11 is 0. The maximum absolute atomic E-state index is 12.6. The molecule has 0 bridgehead atoms. The van der Waals surface area contributed by atoms with Crippen LogP contribution >= 0.6 is 0 Å². The van der Waals surface area contributed by atoms with E-state index in [2.05, 4.69) is 19.2 Å². The zero-order valence-electron chi connectivity index (χ0n) is 11.9. The molecule has 0 saturated carbocycles. The highest BCUT2D eigenvalue weighted by molar-refractivity contribution is 6.03. The van der Waals surface area contributed by atoms with Crippen molar-refractivity contribution in [1.29, 1.82) is 0 Å². The quantitative estimate of drug-likeness (QED) is 0.799. The van der Waals surface area contributed by atoms with Gasteiger partial charge in [0.1, 0.15) is 5.75 Å². The van der Waals surface area contributed by atoms with Crippen LogP contribution in [0, 0.1) is 0 Å². The van der Waals surface area contributed by atoms with Gasteiger partial charge in [-0.2, -0.15) is 0 Å². The lowest BCUT2D eigenvalue weighted by molar-refractivity contribution is 0.0864. The molecule has 1 fully saturated rings. The number of hydrogen-bond acceptors (Lipinski definition) is 3. The van der Waals surface area contributed by atoms with Gasteiger partial charge in [-0.25, -0.2) is 0 Å². The van der Waals surface area contributed by atoms with Crippen molar-refractivity contribution in [2.75, 3.05) is 13.2 Å². The number of carbonyl (C=O) groups excluding carboxylic acids is 1. The first-order chi connectivity index (χ1) is 9.22. The molecule has 2 rings (SSSR count). The minimum Gasteiger partial charge on any atom is -0.494 e. The molecule has 1 saturated heterocycles. The second kappa shape index (κ2) is 6.20. The smallest absolute Gasteiger partial charge is 0.182 e. The maximum atomic E-state index is 12.6. The summed E-state index contributed by atoms with van der Waals surface area (Å²) in [7, 11) is 0. The monoisotopic (exact) mass is 261 g/mol. The summed E-state index contributed by atoms with van der Waals surface area (Å²) < 4.78 is 5.54. The average molecular weight is 261 g/mol. The highest BCUT2D eigenvalue weighted by Crippen LogP contribution is 2.28. The summed E-state index contributed by atoms with van der Waals surface area (Å²) in [4.78, 5) is 12.6. The molecule has 0 radical (unpaired) electrons. The third-order valence-electron chi connectivity index (χ3n) is 3.87. The summed E-state index contributed by atoms with van der Waals surface area (Å²) in [6.07, 6.45) is 3.86. The van der Waals surface area contributed by atoms with Crippen LogP contribution in [-0.2, 0) is 0 Å². The Morgan fingerprint density at radius 1 is 1.32 bits per heavy atom. The Kier molecular flexibility index (Phi) is 4.59. The molecule has 1 atom stereocenters. The topological polar surface area (TPSA) is 38.3 Å². The zero-order chi connectivity index (χ0) is 13.7. The van der Waals surface area contributed by atoms with Crippen LogP contribution in [0.1, 0.15) is 49.9 Å². The van der Waals surface area contributed by atoms with Gasteiger partial charge in [0.25, 0.3) is 0 Å². The van der Waals surface area contributed by atoms with Crippen molar-refractivity contribution in [3.63, 3.8) is 0 Å². The van der Waals surface area contributed by atoms with Crippen LogP contribution in [0.3, 0.4) is 0 Å². The first-order valence-electron chi connectivity index (χ1n) is 7.24. The highest BCUT2D eigenvalue weighted by atomic mass is 16.5. The second-order valence-corrected chi connectivity index (χ2v) is 5.17. The van der Waals surface area contributed by atoms with E-state index in [4.69, 9.17) is 4.74 Å². The van der Waals surface area contributed by atoms with Gasteiger partial charge >= 0.3 is 0 Å². The lowest BCUT2D eigenvalue weighted by atomic mass is 9.85. The second-order valence-electron chi connectivity index (χ2n) is 5.17. The lowest BCUT2D eigenvalue weighted by Gasteiger charge is -2.26. The molecule has 0 amide bonds. The van der Waals surface area contributed by atoms with Crippen molar-refractivity contribution >= 4 is 5.78 Å². The Hall–Kier alpha value is -1.35. The van der Waals surface area contributed by atoms with Crippen molar-refractivity contribution in [1.82, 2.24) is 5.32 Å². The first kappa shape index (κ1) is 14.1. The van der Waals surface area contributed by atoms with E-state index < -0.39 is 0 Å². The van der Waals surface area contributed by atoms with Gasteiger partial charge in [0.2, 0.25) is 0 Å². The summed E-state index contributed by atoms with van der Waals surface area (Å²) in [6.45, 7) is 5.81. The molecule has 3 nitrogen and oxygen atoms in total. The SMILES string of the molecule is CCCOc1ccc(C(=O)C2(CC)CCCN2)cc1. The summed E-state index contributed by atoms with van der Waals surface area (Å²) in [5, 5.41) is 3.39. The number of nitrogens with one attached hydrogen (secondary N) is 1. The van der Waals surface area contributed by atoms with E-state index in [0.29, 0.717) is 6.61 Å². The zero-order valence-corrected chi connectivity index (χ0v) is 11.9. The number of benzene rings is 1. The fraction of sp³-hybridized carbons (Fsp3) is 0.562. The molecule has 0 aromatic heterocycles. The van der Waals surface area contributed by atoms with Crippen molar-refractivity contribution in [3.8, 4) is 5.75 Å². The third kappa shape index (κ3) is 2.98. The molecular weight excluding hydrogens is 238 g/mol. The fourth-order valence-corrected chi connectivity index (χ4v) is 2.66. The van der Waals surface area contributed by atoms with Crippen molar-refractivity contribution in [2.45, 2.75) is 45.1 Å². The fourth-order valence-electron chi connectivity index (χ4n) is 2.66. The largest absolute Gasteiger partial charge is 0.494 e. The maximum Gasteiger partial charge on any atom is 0.182 e. The van der Waals surface area contributed by atoms with E-state index in [1.54, 1.807) is 0 Å². The van der Waals surface area contributed by atoms with Crippen LogP contribution in [0.25, 0.3) is 0 Å². The molecule has 1 unspecified atom stereocenters. The highest BCUT2D eigenvalue weighted by Gasteiger charge is 2.39. The molecular formula is C16H23NO2. The molecule has 1 N–H and O–H groups in total. The Labute approximate surface area is 115 Å². The Bertz CT molecular complexity index is 419. The van der Waals surface area contributed by atoms with Gasteiger partial charge in [0, 0.05) is 5.56 Å². The number of Topliss-reactive ketones (excluding diaryl/α,β-unsaturated/α-hetero) is 1. The van der Waals surface area contributed by atoms with Crippen LogP contribution in [-0.4, -0.2) is 24.5 Å². The molecule has 104 valence electrons. The normalized spacial score (nSPS) is 22.4. The van der Waals surface area contributed by atoms with Crippen LogP contribution in [0.5, 0.6) is 5.75 Å². The molecule has 1 heterocycles. The van der Waals surface area contributed by atoms with E-state index in [1.807, 2.05) is 24.3 Å². The van der Waals surface area contributed by atoms with E-state index in [-0.39, 0.29) is 11.3 Å². The summed E-state index contributed by atoms with van der Waals surface area (Å²) in [6, 6.07) is 7.54.